The molecule has 1 rings (SSSR count). The standard InChI is InChI=1S/C7H9BrN2O2/c1-10(4-3-8)7(11)6-2-5-12-9-6/h2,5H,3-4H2,1H3. The fourth-order valence-electron chi connectivity index (χ4n) is 0.747. The van der Waals surface area contributed by atoms with E-state index in [4.69, 9.17) is 0 Å². The fourth-order valence-corrected chi connectivity index (χ4v) is 1.28. The Balaban J connectivity index is 2.59. The highest BCUT2D eigenvalue weighted by atomic mass is 79.9. The molecule has 0 aliphatic carbocycles. The second kappa shape index (κ2) is 4.25. The van der Waals surface area contributed by atoms with Crippen molar-refractivity contribution >= 4 is 21.8 Å². The van der Waals surface area contributed by atoms with Crippen LogP contribution in [-0.4, -0.2) is 34.9 Å². The van der Waals surface area contributed by atoms with Gasteiger partial charge in [0, 0.05) is 25.0 Å². The molecule has 0 aliphatic heterocycles. The first-order valence-corrected chi connectivity index (χ1v) is 4.59. The van der Waals surface area contributed by atoms with Crippen LogP contribution in [0.25, 0.3) is 0 Å². The number of amides is 1. The summed E-state index contributed by atoms with van der Waals surface area (Å²) in [6.45, 7) is 0.658. The molecule has 1 heterocycles. The Hall–Kier alpha value is -0.840. The Morgan fingerprint density at radius 1 is 1.83 bits per heavy atom. The third kappa shape index (κ3) is 2.07. The average Bonchev–Trinajstić information content (AvgIpc) is 2.55. The number of hydrogen-bond donors (Lipinski definition) is 0. The van der Waals surface area contributed by atoms with E-state index in [1.165, 1.54) is 6.26 Å². The number of carbonyl (C=O) groups excluding carboxylic acids is 1. The number of halogens is 1. The molecule has 0 bridgehead atoms. The minimum absolute atomic E-state index is 0.122. The summed E-state index contributed by atoms with van der Waals surface area (Å²) >= 11 is 3.24. The maximum Gasteiger partial charge on any atom is 0.275 e. The molecule has 0 atom stereocenters. The Morgan fingerprint density at radius 2 is 2.58 bits per heavy atom. The van der Waals surface area contributed by atoms with Crippen LogP contribution < -0.4 is 0 Å². The lowest BCUT2D eigenvalue weighted by Crippen LogP contribution is -2.28. The van der Waals surface area contributed by atoms with Crippen LogP contribution in [0, 0.1) is 0 Å². The first-order valence-electron chi connectivity index (χ1n) is 3.47. The highest BCUT2D eigenvalue weighted by molar-refractivity contribution is 9.09. The summed E-state index contributed by atoms with van der Waals surface area (Å²) in [6.07, 6.45) is 1.38. The summed E-state index contributed by atoms with van der Waals surface area (Å²) in [4.78, 5) is 13.0. The fraction of sp³-hybridized carbons (Fsp3) is 0.429. The largest absolute Gasteiger partial charge is 0.364 e. The van der Waals surface area contributed by atoms with E-state index >= 15 is 0 Å². The third-order valence-corrected chi connectivity index (χ3v) is 1.78. The minimum Gasteiger partial charge on any atom is -0.364 e. The second-order valence-electron chi connectivity index (χ2n) is 2.30. The highest BCUT2D eigenvalue weighted by Crippen LogP contribution is 1.99. The SMILES string of the molecule is CN(CCBr)C(=O)c1ccon1. The van der Waals surface area contributed by atoms with Crippen molar-refractivity contribution in [1.29, 1.82) is 0 Å². The molecule has 0 saturated heterocycles. The van der Waals surface area contributed by atoms with Gasteiger partial charge in [-0.15, -0.1) is 0 Å². The molecule has 0 unspecified atom stereocenters. The molecule has 0 aromatic carbocycles. The number of hydrogen-bond acceptors (Lipinski definition) is 3. The molecule has 1 amide bonds. The lowest BCUT2D eigenvalue weighted by atomic mass is 10.4. The van der Waals surface area contributed by atoms with Gasteiger partial charge in [0.25, 0.3) is 5.91 Å². The van der Waals surface area contributed by atoms with Gasteiger partial charge in [-0.2, -0.15) is 0 Å². The predicted molar refractivity (Wildman–Crippen MR) is 47.3 cm³/mol. The molecule has 1 aromatic rings. The van der Waals surface area contributed by atoms with Gasteiger partial charge in [0.05, 0.1) is 0 Å². The Kier molecular flexibility index (Phi) is 3.28. The van der Waals surface area contributed by atoms with Gasteiger partial charge in [-0.25, -0.2) is 0 Å². The van der Waals surface area contributed by atoms with Crippen LogP contribution in [0.5, 0.6) is 0 Å². The molecular formula is C7H9BrN2O2. The van der Waals surface area contributed by atoms with Crippen LogP contribution in [0.2, 0.25) is 0 Å². The smallest absolute Gasteiger partial charge is 0.275 e. The van der Waals surface area contributed by atoms with E-state index in [1.807, 2.05) is 0 Å². The van der Waals surface area contributed by atoms with E-state index in [1.54, 1.807) is 18.0 Å². The van der Waals surface area contributed by atoms with Crippen molar-refractivity contribution < 1.29 is 9.32 Å². The van der Waals surface area contributed by atoms with Crippen LogP contribution in [0.15, 0.2) is 16.9 Å². The van der Waals surface area contributed by atoms with Gasteiger partial charge < -0.3 is 9.42 Å². The summed E-state index contributed by atoms with van der Waals surface area (Å²) in [5, 5.41) is 4.30. The van der Waals surface area contributed by atoms with Crippen molar-refractivity contribution in [1.82, 2.24) is 10.1 Å². The molecule has 4 nitrogen and oxygen atoms in total. The number of carbonyl (C=O) groups is 1. The van der Waals surface area contributed by atoms with Gasteiger partial charge >= 0.3 is 0 Å². The van der Waals surface area contributed by atoms with Crippen LogP contribution in [0.4, 0.5) is 0 Å². The van der Waals surface area contributed by atoms with Gasteiger partial charge in [-0.05, 0) is 0 Å². The molecule has 0 fully saturated rings. The zero-order chi connectivity index (χ0) is 8.97. The van der Waals surface area contributed by atoms with E-state index < -0.39 is 0 Å². The number of nitrogens with zero attached hydrogens (tertiary/aromatic N) is 2. The topological polar surface area (TPSA) is 46.3 Å². The molecule has 0 spiro atoms. The quantitative estimate of drug-likeness (QED) is 0.735. The van der Waals surface area contributed by atoms with Crippen molar-refractivity contribution in [2.45, 2.75) is 0 Å². The van der Waals surface area contributed by atoms with Gasteiger partial charge in [-0.1, -0.05) is 21.1 Å². The van der Waals surface area contributed by atoms with E-state index in [2.05, 4.69) is 25.6 Å². The Bertz CT molecular complexity index is 248. The number of alkyl halides is 1. The van der Waals surface area contributed by atoms with Crippen molar-refractivity contribution in [3.05, 3.63) is 18.0 Å². The number of rotatable bonds is 3. The summed E-state index contributed by atoms with van der Waals surface area (Å²) < 4.78 is 4.55. The van der Waals surface area contributed by atoms with Crippen molar-refractivity contribution in [2.24, 2.45) is 0 Å². The molecule has 0 radical (unpaired) electrons. The molecule has 0 saturated carbocycles. The maximum absolute atomic E-state index is 11.4. The first-order chi connectivity index (χ1) is 5.75. The molecule has 66 valence electrons. The number of aromatic nitrogens is 1. The summed E-state index contributed by atoms with van der Waals surface area (Å²) in [5.74, 6) is -0.122. The highest BCUT2D eigenvalue weighted by Gasteiger charge is 2.12. The zero-order valence-electron chi connectivity index (χ0n) is 6.66. The first kappa shape index (κ1) is 9.25. The molecule has 5 heteroatoms. The Morgan fingerprint density at radius 3 is 3.08 bits per heavy atom. The van der Waals surface area contributed by atoms with Crippen LogP contribution in [-0.2, 0) is 0 Å². The predicted octanol–water partition coefficient (Wildman–Crippen LogP) is 1.14. The van der Waals surface area contributed by atoms with Crippen molar-refractivity contribution in [3.8, 4) is 0 Å². The third-order valence-electron chi connectivity index (χ3n) is 1.42. The van der Waals surface area contributed by atoms with E-state index in [0.717, 1.165) is 5.33 Å². The average molecular weight is 233 g/mol. The zero-order valence-corrected chi connectivity index (χ0v) is 8.24. The minimum atomic E-state index is -0.122. The Labute approximate surface area is 78.6 Å². The molecule has 0 N–H and O–H groups in total. The van der Waals surface area contributed by atoms with Gasteiger partial charge in [-0.3, -0.25) is 4.79 Å². The van der Waals surface area contributed by atoms with Crippen LogP contribution in [0.3, 0.4) is 0 Å². The van der Waals surface area contributed by atoms with Crippen molar-refractivity contribution in [3.63, 3.8) is 0 Å². The molecular weight excluding hydrogens is 224 g/mol. The van der Waals surface area contributed by atoms with E-state index in [0.29, 0.717) is 12.2 Å². The van der Waals surface area contributed by atoms with Crippen molar-refractivity contribution in [2.75, 3.05) is 18.9 Å². The summed E-state index contributed by atoms with van der Waals surface area (Å²) in [6, 6.07) is 1.55. The summed E-state index contributed by atoms with van der Waals surface area (Å²) in [5.41, 5.74) is 0.346. The molecule has 0 aliphatic rings. The van der Waals surface area contributed by atoms with E-state index in [9.17, 15) is 4.79 Å². The molecule has 12 heavy (non-hydrogen) atoms. The van der Waals surface area contributed by atoms with Gasteiger partial charge in [0.1, 0.15) is 6.26 Å². The van der Waals surface area contributed by atoms with Gasteiger partial charge in [0.2, 0.25) is 0 Å². The monoisotopic (exact) mass is 232 g/mol. The normalized spacial score (nSPS) is 9.83. The van der Waals surface area contributed by atoms with Crippen LogP contribution >= 0.6 is 15.9 Å². The van der Waals surface area contributed by atoms with Gasteiger partial charge in [0.15, 0.2) is 5.69 Å². The lowest BCUT2D eigenvalue weighted by Gasteiger charge is -2.12. The van der Waals surface area contributed by atoms with E-state index in [-0.39, 0.29) is 5.91 Å². The summed E-state index contributed by atoms with van der Waals surface area (Å²) in [7, 11) is 1.72. The van der Waals surface area contributed by atoms with Crippen LogP contribution in [0.1, 0.15) is 10.5 Å². The second-order valence-corrected chi connectivity index (χ2v) is 3.09. The molecule has 1 aromatic heterocycles. The lowest BCUT2D eigenvalue weighted by molar-refractivity contribution is 0.0794. The maximum atomic E-state index is 11.4.